The van der Waals surface area contributed by atoms with Gasteiger partial charge in [-0.2, -0.15) is 0 Å². The highest BCUT2D eigenvalue weighted by molar-refractivity contribution is 5.94. The summed E-state index contributed by atoms with van der Waals surface area (Å²) in [7, 11) is 1.36. The molecule has 1 unspecified atom stereocenters. The number of hydrogen-bond acceptors (Lipinski definition) is 5. The second-order valence-electron chi connectivity index (χ2n) is 7.66. The average Bonchev–Trinajstić information content (AvgIpc) is 2.72. The molecule has 1 saturated carbocycles. The Morgan fingerprint density at radius 2 is 1.93 bits per heavy atom. The van der Waals surface area contributed by atoms with Gasteiger partial charge in [-0.3, -0.25) is 4.79 Å². The second-order valence-corrected chi connectivity index (χ2v) is 7.66. The Balaban J connectivity index is 1.48. The average molecular weight is 374 g/mol. The summed E-state index contributed by atoms with van der Waals surface area (Å²) in [5, 5.41) is 3.15. The van der Waals surface area contributed by atoms with Gasteiger partial charge in [0.1, 0.15) is 6.61 Å². The molecule has 1 aromatic carbocycles. The summed E-state index contributed by atoms with van der Waals surface area (Å²) >= 11 is 0. The van der Waals surface area contributed by atoms with Crippen LogP contribution in [-0.2, 0) is 27.1 Å². The lowest BCUT2D eigenvalue weighted by Crippen LogP contribution is -2.39. The highest BCUT2D eigenvalue weighted by Gasteiger charge is 2.24. The molecule has 1 aromatic rings. The lowest BCUT2D eigenvalue weighted by molar-refractivity contribution is -0.148. The predicted octanol–water partition coefficient (Wildman–Crippen LogP) is 1.98. The van der Waals surface area contributed by atoms with Gasteiger partial charge in [-0.25, -0.2) is 4.79 Å². The van der Waals surface area contributed by atoms with E-state index in [-0.39, 0.29) is 30.6 Å². The molecular formula is C21H30N2O4. The first-order chi connectivity index (χ1) is 13.1. The van der Waals surface area contributed by atoms with E-state index in [1.54, 1.807) is 0 Å². The first kappa shape index (κ1) is 19.8. The van der Waals surface area contributed by atoms with E-state index in [0.29, 0.717) is 5.92 Å². The molecular weight excluding hydrogens is 344 g/mol. The predicted molar refractivity (Wildman–Crippen MR) is 102 cm³/mol. The minimum absolute atomic E-state index is 0.00166. The SMILES string of the molecule is COC(=O)COC1CCC(NC(=O)c2ccc3c(c2)CCC(CN)C3)CC1. The van der Waals surface area contributed by atoms with Crippen LogP contribution in [0.25, 0.3) is 0 Å². The minimum Gasteiger partial charge on any atom is -0.467 e. The Kier molecular flexibility index (Phi) is 6.85. The molecule has 1 fully saturated rings. The summed E-state index contributed by atoms with van der Waals surface area (Å²) in [5.74, 6) is 0.210. The Morgan fingerprint density at radius 1 is 1.15 bits per heavy atom. The Labute approximate surface area is 160 Å². The number of aryl methyl sites for hydroxylation is 1. The number of amides is 1. The maximum atomic E-state index is 12.6. The van der Waals surface area contributed by atoms with Crippen LogP contribution < -0.4 is 11.1 Å². The van der Waals surface area contributed by atoms with E-state index >= 15 is 0 Å². The molecule has 0 saturated heterocycles. The van der Waals surface area contributed by atoms with Crippen LogP contribution in [0.4, 0.5) is 0 Å². The van der Waals surface area contributed by atoms with Gasteiger partial charge in [0.05, 0.1) is 13.2 Å². The van der Waals surface area contributed by atoms with Crippen molar-refractivity contribution in [2.24, 2.45) is 11.7 Å². The third-order valence-corrected chi connectivity index (χ3v) is 5.81. The van der Waals surface area contributed by atoms with Crippen molar-refractivity contribution in [3.63, 3.8) is 0 Å². The summed E-state index contributed by atoms with van der Waals surface area (Å²) in [6, 6.07) is 6.22. The number of rotatable bonds is 6. The van der Waals surface area contributed by atoms with Gasteiger partial charge >= 0.3 is 5.97 Å². The molecule has 0 bridgehead atoms. The monoisotopic (exact) mass is 374 g/mol. The maximum Gasteiger partial charge on any atom is 0.331 e. The zero-order valence-electron chi connectivity index (χ0n) is 16.0. The van der Waals surface area contributed by atoms with Crippen molar-refractivity contribution < 1.29 is 19.1 Å². The van der Waals surface area contributed by atoms with E-state index in [1.807, 2.05) is 12.1 Å². The maximum absolute atomic E-state index is 12.6. The first-order valence-corrected chi connectivity index (χ1v) is 9.90. The Bertz CT molecular complexity index is 668. The van der Waals surface area contributed by atoms with Gasteiger partial charge in [0.15, 0.2) is 0 Å². The molecule has 2 aliphatic carbocycles. The number of fused-ring (bicyclic) bond motifs is 1. The molecule has 0 aromatic heterocycles. The molecule has 148 valence electrons. The summed E-state index contributed by atoms with van der Waals surface area (Å²) in [4.78, 5) is 23.8. The summed E-state index contributed by atoms with van der Waals surface area (Å²) in [5.41, 5.74) is 9.15. The number of nitrogens with two attached hydrogens (primary N) is 1. The van der Waals surface area contributed by atoms with Crippen LogP contribution in [0.2, 0.25) is 0 Å². The summed E-state index contributed by atoms with van der Waals surface area (Å²) in [6.07, 6.45) is 6.59. The molecule has 1 atom stereocenters. The zero-order valence-corrected chi connectivity index (χ0v) is 16.0. The molecule has 3 N–H and O–H groups in total. The van der Waals surface area contributed by atoms with Crippen molar-refractivity contribution >= 4 is 11.9 Å². The lowest BCUT2D eigenvalue weighted by Gasteiger charge is -2.29. The molecule has 0 aliphatic heterocycles. The van der Waals surface area contributed by atoms with Crippen molar-refractivity contribution in [1.82, 2.24) is 5.32 Å². The number of benzene rings is 1. The molecule has 3 rings (SSSR count). The van der Waals surface area contributed by atoms with E-state index in [9.17, 15) is 9.59 Å². The van der Waals surface area contributed by atoms with Crippen LogP contribution in [0.5, 0.6) is 0 Å². The van der Waals surface area contributed by atoms with Gasteiger partial charge in [-0.15, -0.1) is 0 Å². The number of carbonyl (C=O) groups excluding carboxylic acids is 2. The fraction of sp³-hybridized carbons (Fsp3) is 0.619. The molecule has 0 spiro atoms. The molecule has 1 amide bonds. The fourth-order valence-electron chi connectivity index (χ4n) is 4.06. The van der Waals surface area contributed by atoms with Crippen LogP contribution in [0, 0.1) is 5.92 Å². The third-order valence-electron chi connectivity index (χ3n) is 5.81. The van der Waals surface area contributed by atoms with Crippen LogP contribution in [0.1, 0.15) is 53.6 Å². The molecule has 6 nitrogen and oxygen atoms in total. The number of carbonyl (C=O) groups is 2. The summed E-state index contributed by atoms with van der Waals surface area (Å²) in [6.45, 7) is 0.728. The minimum atomic E-state index is -0.351. The molecule has 2 aliphatic rings. The number of hydrogen-bond donors (Lipinski definition) is 2. The van der Waals surface area contributed by atoms with Crippen molar-refractivity contribution in [1.29, 1.82) is 0 Å². The van der Waals surface area contributed by atoms with Crippen molar-refractivity contribution in [3.05, 3.63) is 34.9 Å². The third kappa shape index (κ3) is 5.30. The number of ether oxygens (including phenoxy) is 2. The Hall–Kier alpha value is -1.92. The van der Waals surface area contributed by atoms with Crippen LogP contribution in [0.3, 0.4) is 0 Å². The molecule has 0 heterocycles. The van der Waals surface area contributed by atoms with Gasteiger partial charge in [-0.1, -0.05) is 6.07 Å². The highest BCUT2D eigenvalue weighted by atomic mass is 16.6. The van der Waals surface area contributed by atoms with Crippen LogP contribution in [0.15, 0.2) is 18.2 Å². The number of esters is 1. The molecule has 27 heavy (non-hydrogen) atoms. The summed E-state index contributed by atoms with van der Waals surface area (Å²) < 4.78 is 10.1. The van der Waals surface area contributed by atoms with Crippen LogP contribution >= 0.6 is 0 Å². The van der Waals surface area contributed by atoms with Crippen molar-refractivity contribution in [3.8, 4) is 0 Å². The lowest BCUT2D eigenvalue weighted by atomic mass is 9.83. The van der Waals surface area contributed by atoms with Gasteiger partial charge in [0.2, 0.25) is 0 Å². The molecule has 6 heteroatoms. The Morgan fingerprint density at radius 3 is 2.63 bits per heavy atom. The van der Waals surface area contributed by atoms with Crippen molar-refractivity contribution in [2.45, 2.75) is 57.1 Å². The van der Waals surface area contributed by atoms with Crippen molar-refractivity contribution in [2.75, 3.05) is 20.3 Å². The quantitative estimate of drug-likeness (QED) is 0.743. The largest absolute Gasteiger partial charge is 0.467 e. The number of nitrogens with one attached hydrogen (secondary N) is 1. The van der Waals surface area contributed by atoms with E-state index in [0.717, 1.165) is 57.1 Å². The number of methoxy groups -OCH3 is 1. The van der Waals surface area contributed by atoms with Gasteiger partial charge in [0, 0.05) is 11.6 Å². The topological polar surface area (TPSA) is 90.6 Å². The van der Waals surface area contributed by atoms with E-state index in [2.05, 4.69) is 16.1 Å². The van der Waals surface area contributed by atoms with E-state index < -0.39 is 0 Å². The second kappa shape index (κ2) is 9.33. The molecule has 0 radical (unpaired) electrons. The smallest absolute Gasteiger partial charge is 0.331 e. The van der Waals surface area contributed by atoms with Gasteiger partial charge in [-0.05, 0) is 80.7 Å². The highest BCUT2D eigenvalue weighted by Crippen LogP contribution is 2.26. The fourth-order valence-corrected chi connectivity index (χ4v) is 4.06. The van der Waals surface area contributed by atoms with Crippen LogP contribution in [-0.4, -0.2) is 44.3 Å². The standard InChI is InChI=1S/C21H30N2O4/c1-26-20(24)13-27-19-8-6-18(7-9-19)23-21(25)17-5-4-15-10-14(12-22)2-3-16(15)11-17/h4-5,11,14,18-19H,2-3,6-10,12-13,22H2,1H3,(H,23,25). The zero-order chi connectivity index (χ0) is 19.2. The van der Waals surface area contributed by atoms with Gasteiger partial charge in [0.25, 0.3) is 5.91 Å². The first-order valence-electron chi connectivity index (χ1n) is 9.90. The van der Waals surface area contributed by atoms with E-state index in [1.165, 1.54) is 18.2 Å². The van der Waals surface area contributed by atoms with Gasteiger partial charge < -0.3 is 20.5 Å². The normalized spacial score (nSPS) is 24.7. The van der Waals surface area contributed by atoms with E-state index in [4.69, 9.17) is 10.5 Å².